The highest BCUT2D eigenvalue weighted by Gasteiger charge is 2.32. The number of imidazole rings is 1. The first kappa shape index (κ1) is 25.0. The second-order valence-corrected chi connectivity index (χ2v) is 7.41. The number of aliphatic carboxylic acids is 1. The smallest absolute Gasteiger partial charge is 0.325 e. The lowest BCUT2D eigenvalue weighted by molar-refractivity contribution is -0.141. The van der Waals surface area contributed by atoms with Crippen LogP contribution in [0.3, 0.4) is 0 Å². The van der Waals surface area contributed by atoms with Crippen LogP contribution in [-0.2, 0) is 25.6 Å². The Labute approximate surface area is 174 Å². The SMILES string of the molecule is CC(NC(=O)C(Cc1cnc[nH]1)NC(=O)C(NC(=O)C(N)C(C)O)C(C)C)C(=O)O. The molecule has 0 aliphatic rings. The lowest BCUT2D eigenvalue weighted by atomic mass is 10.0. The molecule has 1 heterocycles. The molecule has 0 aliphatic heterocycles. The summed E-state index contributed by atoms with van der Waals surface area (Å²) in [4.78, 5) is 55.3. The number of aromatic amines is 1. The van der Waals surface area contributed by atoms with Crippen molar-refractivity contribution in [1.29, 1.82) is 0 Å². The molecule has 0 bridgehead atoms. The zero-order valence-corrected chi connectivity index (χ0v) is 17.4. The van der Waals surface area contributed by atoms with Gasteiger partial charge in [-0.2, -0.15) is 0 Å². The summed E-state index contributed by atoms with van der Waals surface area (Å²) in [5.41, 5.74) is 6.15. The lowest BCUT2D eigenvalue weighted by Gasteiger charge is -2.27. The Morgan fingerprint density at radius 3 is 2.17 bits per heavy atom. The summed E-state index contributed by atoms with van der Waals surface area (Å²) in [6.45, 7) is 6.02. The van der Waals surface area contributed by atoms with E-state index in [1.807, 2.05) is 0 Å². The van der Waals surface area contributed by atoms with Crippen LogP contribution in [0.2, 0.25) is 0 Å². The largest absolute Gasteiger partial charge is 0.480 e. The van der Waals surface area contributed by atoms with Gasteiger partial charge in [-0.3, -0.25) is 19.2 Å². The number of H-pyrrole nitrogens is 1. The standard InChI is InChI=1S/C18H30N6O6/c1-8(2)14(24-16(27)13(19)10(4)25)17(28)23-12(5-11-6-20-7-21-11)15(26)22-9(3)18(29)30/h6-10,12-14,25H,5,19H2,1-4H3,(H,20,21)(H,22,26)(H,23,28)(H,24,27)(H,29,30). The average molecular weight is 426 g/mol. The maximum atomic E-state index is 12.8. The molecule has 1 rings (SSSR count). The van der Waals surface area contributed by atoms with Crippen LogP contribution in [0.5, 0.6) is 0 Å². The van der Waals surface area contributed by atoms with E-state index in [0.717, 1.165) is 0 Å². The predicted molar refractivity (Wildman–Crippen MR) is 106 cm³/mol. The minimum Gasteiger partial charge on any atom is -0.480 e. The monoisotopic (exact) mass is 426 g/mol. The van der Waals surface area contributed by atoms with Crippen LogP contribution < -0.4 is 21.7 Å². The fourth-order valence-corrected chi connectivity index (χ4v) is 2.47. The Kier molecular flexibility index (Phi) is 9.40. The summed E-state index contributed by atoms with van der Waals surface area (Å²) in [6.07, 6.45) is 1.78. The van der Waals surface area contributed by atoms with Crippen molar-refractivity contribution in [2.75, 3.05) is 0 Å². The Balaban J connectivity index is 2.97. The number of nitrogens with zero attached hydrogens (tertiary/aromatic N) is 1. The number of carbonyl (C=O) groups is 4. The Hall–Kier alpha value is -2.99. The minimum atomic E-state index is -1.23. The summed E-state index contributed by atoms with van der Waals surface area (Å²) in [5, 5.41) is 25.8. The van der Waals surface area contributed by atoms with E-state index in [1.165, 1.54) is 26.4 Å². The van der Waals surface area contributed by atoms with Gasteiger partial charge in [0, 0.05) is 18.3 Å². The summed E-state index contributed by atoms with van der Waals surface area (Å²) in [5.74, 6) is -3.66. The molecule has 5 atom stereocenters. The number of aliphatic hydroxyl groups is 1. The van der Waals surface area contributed by atoms with E-state index < -0.39 is 54.0 Å². The Bertz CT molecular complexity index is 736. The molecular formula is C18H30N6O6. The van der Waals surface area contributed by atoms with Crippen molar-refractivity contribution in [2.45, 2.75) is 64.4 Å². The molecule has 0 saturated carbocycles. The van der Waals surface area contributed by atoms with Crippen LogP contribution >= 0.6 is 0 Å². The van der Waals surface area contributed by atoms with Crippen molar-refractivity contribution >= 4 is 23.7 Å². The van der Waals surface area contributed by atoms with E-state index in [-0.39, 0.29) is 12.3 Å². The molecule has 1 aromatic rings. The van der Waals surface area contributed by atoms with Gasteiger partial charge in [0.15, 0.2) is 0 Å². The zero-order valence-electron chi connectivity index (χ0n) is 17.4. The first-order valence-corrected chi connectivity index (χ1v) is 9.48. The molecular weight excluding hydrogens is 396 g/mol. The van der Waals surface area contributed by atoms with Crippen molar-refractivity contribution < 1.29 is 29.4 Å². The van der Waals surface area contributed by atoms with Gasteiger partial charge in [0.05, 0.1) is 12.4 Å². The van der Waals surface area contributed by atoms with E-state index in [4.69, 9.17) is 10.8 Å². The zero-order chi connectivity index (χ0) is 23.0. The van der Waals surface area contributed by atoms with Gasteiger partial charge in [-0.1, -0.05) is 13.8 Å². The predicted octanol–water partition coefficient (Wildman–Crippen LogP) is -2.12. The van der Waals surface area contributed by atoms with Gasteiger partial charge in [0.2, 0.25) is 17.7 Å². The fourth-order valence-electron chi connectivity index (χ4n) is 2.47. The van der Waals surface area contributed by atoms with E-state index in [1.54, 1.807) is 13.8 Å². The quantitative estimate of drug-likeness (QED) is 0.208. The van der Waals surface area contributed by atoms with Crippen molar-refractivity contribution in [3.63, 3.8) is 0 Å². The molecule has 0 saturated heterocycles. The second-order valence-electron chi connectivity index (χ2n) is 7.41. The highest BCUT2D eigenvalue weighted by Crippen LogP contribution is 2.06. The van der Waals surface area contributed by atoms with Crippen molar-refractivity contribution in [1.82, 2.24) is 25.9 Å². The third-order valence-corrected chi connectivity index (χ3v) is 4.41. The van der Waals surface area contributed by atoms with Crippen LogP contribution in [0.25, 0.3) is 0 Å². The number of hydrogen-bond donors (Lipinski definition) is 7. The fraction of sp³-hybridized carbons (Fsp3) is 0.611. The summed E-state index contributed by atoms with van der Waals surface area (Å²) < 4.78 is 0. The van der Waals surface area contributed by atoms with Gasteiger partial charge < -0.3 is 36.9 Å². The van der Waals surface area contributed by atoms with Gasteiger partial charge in [-0.05, 0) is 19.8 Å². The molecule has 0 radical (unpaired) electrons. The van der Waals surface area contributed by atoms with E-state index >= 15 is 0 Å². The molecule has 8 N–H and O–H groups in total. The van der Waals surface area contributed by atoms with Gasteiger partial charge in [-0.25, -0.2) is 4.98 Å². The Morgan fingerprint density at radius 1 is 1.07 bits per heavy atom. The minimum absolute atomic E-state index is 0.0237. The maximum Gasteiger partial charge on any atom is 0.325 e. The second kappa shape index (κ2) is 11.3. The lowest BCUT2D eigenvalue weighted by Crippen LogP contribution is -2.59. The number of rotatable bonds is 11. The highest BCUT2D eigenvalue weighted by molar-refractivity contribution is 5.94. The molecule has 0 aliphatic carbocycles. The number of hydrogen-bond acceptors (Lipinski definition) is 7. The molecule has 12 heteroatoms. The third kappa shape index (κ3) is 7.44. The number of nitrogens with two attached hydrogens (primary N) is 1. The molecule has 1 aromatic heterocycles. The van der Waals surface area contributed by atoms with E-state index in [2.05, 4.69) is 25.9 Å². The van der Waals surface area contributed by atoms with E-state index in [9.17, 15) is 24.3 Å². The first-order chi connectivity index (χ1) is 13.9. The number of nitrogens with one attached hydrogen (secondary N) is 4. The molecule has 168 valence electrons. The summed E-state index contributed by atoms with van der Waals surface area (Å²) in [6, 6.07) is -4.54. The molecule has 0 spiro atoms. The van der Waals surface area contributed by atoms with Crippen LogP contribution in [0.1, 0.15) is 33.4 Å². The van der Waals surface area contributed by atoms with E-state index in [0.29, 0.717) is 5.69 Å². The number of carboxylic acid groups (broad SMARTS) is 1. The Morgan fingerprint density at radius 2 is 1.70 bits per heavy atom. The molecule has 12 nitrogen and oxygen atoms in total. The van der Waals surface area contributed by atoms with Gasteiger partial charge in [0.1, 0.15) is 24.2 Å². The number of aromatic nitrogens is 2. The summed E-state index contributed by atoms with van der Waals surface area (Å²) >= 11 is 0. The highest BCUT2D eigenvalue weighted by atomic mass is 16.4. The number of aliphatic hydroxyl groups excluding tert-OH is 1. The average Bonchev–Trinajstić information content (AvgIpc) is 3.16. The van der Waals surface area contributed by atoms with Crippen LogP contribution in [0.15, 0.2) is 12.5 Å². The van der Waals surface area contributed by atoms with Gasteiger partial charge in [0.25, 0.3) is 0 Å². The molecule has 0 aromatic carbocycles. The van der Waals surface area contributed by atoms with Crippen molar-refractivity contribution in [3.8, 4) is 0 Å². The van der Waals surface area contributed by atoms with Crippen molar-refractivity contribution in [2.24, 2.45) is 11.7 Å². The van der Waals surface area contributed by atoms with Gasteiger partial charge >= 0.3 is 5.97 Å². The third-order valence-electron chi connectivity index (χ3n) is 4.41. The normalized spacial score (nSPS) is 16.1. The number of carbonyl (C=O) groups excluding carboxylic acids is 3. The summed E-state index contributed by atoms with van der Waals surface area (Å²) in [7, 11) is 0. The molecule has 3 amide bonds. The molecule has 30 heavy (non-hydrogen) atoms. The molecule has 5 unspecified atom stereocenters. The number of amides is 3. The van der Waals surface area contributed by atoms with Crippen LogP contribution in [-0.4, -0.2) is 74.1 Å². The maximum absolute atomic E-state index is 12.8. The van der Waals surface area contributed by atoms with Gasteiger partial charge in [-0.15, -0.1) is 0 Å². The molecule has 0 fully saturated rings. The number of carboxylic acids is 1. The van der Waals surface area contributed by atoms with Crippen LogP contribution in [0.4, 0.5) is 0 Å². The van der Waals surface area contributed by atoms with Crippen LogP contribution in [0, 0.1) is 5.92 Å². The van der Waals surface area contributed by atoms with Crippen molar-refractivity contribution in [3.05, 3.63) is 18.2 Å². The first-order valence-electron chi connectivity index (χ1n) is 9.48. The topological polar surface area (TPSA) is 200 Å².